The summed E-state index contributed by atoms with van der Waals surface area (Å²) >= 11 is 0. The molecule has 0 spiro atoms. The Balaban J connectivity index is 1.30. The van der Waals surface area contributed by atoms with Gasteiger partial charge in [-0.25, -0.2) is 29.9 Å². The molecule has 56 heavy (non-hydrogen) atoms. The summed E-state index contributed by atoms with van der Waals surface area (Å²) in [5, 5.41) is 5.58. The van der Waals surface area contributed by atoms with Crippen molar-refractivity contribution in [2.75, 3.05) is 9.80 Å². The lowest BCUT2D eigenvalue weighted by Crippen LogP contribution is -2.58. The molecule has 0 saturated carbocycles. The third kappa shape index (κ3) is 5.24. The standard InChI is InChI=1S/C46H38N8Si2/c1-55(2)41-17-9-5-13-35(41)53(36-14-6-10-18-42(36)55)39-25-31(45-49-27-47-28-50-45)21-23-33(39)34-24-22-32(46-51-29-48-30-52-46)26-40(34)54-37-15-7-11-19-43(37)56(3,4)44-20-12-8-16-38(44)54/h5-30H,1-4H3. The molecular formula is C46H38N8Si2. The van der Waals surface area contributed by atoms with Crippen molar-refractivity contribution in [2.24, 2.45) is 0 Å². The van der Waals surface area contributed by atoms with Crippen LogP contribution < -0.4 is 30.5 Å². The molecule has 0 saturated heterocycles. The molecule has 0 N–H and O–H groups in total. The highest BCUT2D eigenvalue weighted by Gasteiger charge is 2.41. The normalized spacial score (nSPS) is 14.6. The van der Waals surface area contributed by atoms with E-state index in [1.54, 1.807) is 25.3 Å². The van der Waals surface area contributed by atoms with Gasteiger partial charge in [-0.05, 0) is 57.1 Å². The number of aromatic nitrogens is 6. The van der Waals surface area contributed by atoms with E-state index in [0.29, 0.717) is 11.6 Å². The average molecular weight is 759 g/mol. The van der Waals surface area contributed by atoms with E-state index in [1.165, 1.54) is 43.5 Å². The second-order valence-corrected chi connectivity index (χ2v) is 24.0. The van der Waals surface area contributed by atoms with Gasteiger partial charge in [0.2, 0.25) is 0 Å². The van der Waals surface area contributed by atoms with Gasteiger partial charge in [-0.15, -0.1) is 0 Å². The molecule has 10 heteroatoms. The Morgan fingerprint density at radius 2 is 0.661 bits per heavy atom. The molecule has 10 rings (SSSR count). The first-order chi connectivity index (χ1) is 27.3. The Morgan fingerprint density at radius 1 is 0.357 bits per heavy atom. The molecule has 0 bridgehead atoms. The van der Waals surface area contributed by atoms with Gasteiger partial charge in [0.25, 0.3) is 0 Å². The third-order valence-corrected chi connectivity index (χ3v) is 18.6. The summed E-state index contributed by atoms with van der Waals surface area (Å²) in [5.41, 5.74) is 10.8. The molecule has 2 aliphatic heterocycles. The van der Waals surface area contributed by atoms with E-state index >= 15 is 0 Å². The first-order valence-corrected chi connectivity index (χ1v) is 24.8. The highest BCUT2D eigenvalue weighted by molar-refractivity contribution is 7.03. The number of rotatable bonds is 5. The van der Waals surface area contributed by atoms with Crippen molar-refractivity contribution in [1.29, 1.82) is 0 Å². The second-order valence-electron chi connectivity index (χ2n) is 15.4. The molecule has 0 amide bonds. The molecule has 8 aromatic rings. The van der Waals surface area contributed by atoms with Gasteiger partial charge in [0.15, 0.2) is 11.6 Å². The van der Waals surface area contributed by atoms with Crippen LogP contribution in [0.4, 0.5) is 34.1 Å². The Kier molecular flexibility index (Phi) is 7.87. The van der Waals surface area contributed by atoms with Crippen molar-refractivity contribution in [3.05, 3.63) is 159 Å². The highest BCUT2D eigenvalue weighted by Crippen LogP contribution is 2.49. The maximum atomic E-state index is 4.59. The monoisotopic (exact) mass is 758 g/mol. The van der Waals surface area contributed by atoms with Gasteiger partial charge in [0, 0.05) is 45.0 Å². The molecule has 0 fully saturated rings. The van der Waals surface area contributed by atoms with E-state index < -0.39 is 16.1 Å². The number of anilines is 6. The zero-order valence-corrected chi connectivity index (χ0v) is 33.6. The zero-order chi connectivity index (χ0) is 38.0. The largest absolute Gasteiger partial charge is 0.310 e. The number of fused-ring (bicyclic) bond motifs is 4. The highest BCUT2D eigenvalue weighted by atomic mass is 28.3. The van der Waals surface area contributed by atoms with Gasteiger partial charge in [-0.3, -0.25) is 0 Å². The first kappa shape index (κ1) is 33.9. The van der Waals surface area contributed by atoms with E-state index in [1.807, 2.05) is 0 Å². The summed E-state index contributed by atoms with van der Waals surface area (Å²) < 4.78 is 0. The smallest absolute Gasteiger partial charge is 0.162 e. The van der Waals surface area contributed by atoms with Crippen LogP contribution in [0.2, 0.25) is 26.2 Å². The minimum absolute atomic E-state index is 0.623. The second kappa shape index (κ2) is 13.0. The van der Waals surface area contributed by atoms with Crippen molar-refractivity contribution in [1.82, 2.24) is 29.9 Å². The summed E-state index contributed by atoms with van der Waals surface area (Å²) in [6, 6.07) is 48.9. The van der Waals surface area contributed by atoms with Gasteiger partial charge in [0.1, 0.15) is 41.5 Å². The zero-order valence-electron chi connectivity index (χ0n) is 31.6. The number of hydrogen-bond acceptors (Lipinski definition) is 8. The van der Waals surface area contributed by atoms with Crippen molar-refractivity contribution < 1.29 is 0 Å². The van der Waals surface area contributed by atoms with E-state index in [2.05, 4.69) is 199 Å². The van der Waals surface area contributed by atoms with Gasteiger partial charge in [0.05, 0.1) is 11.4 Å². The minimum atomic E-state index is -2.05. The maximum absolute atomic E-state index is 4.59. The van der Waals surface area contributed by atoms with Gasteiger partial charge < -0.3 is 9.80 Å². The van der Waals surface area contributed by atoms with Crippen LogP contribution in [0.15, 0.2) is 159 Å². The van der Waals surface area contributed by atoms with E-state index in [4.69, 9.17) is 0 Å². The molecule has 8 nitrogen and oxygen atoms in total. The maximum Gasteiger partial charge on any atom is 0.162 e. The molecule has 4 heterocycles. The van der Waals surface area contributed by atoms with Crippen LogP contribution in [0.1, 0.15) is 0 Å². The number of hydrogen-bond donors (Lipinski definition) is 0. The van der Waals surface area contributed by atoms with Crippen LogP contribution in [0.5, 0.6) is 0 Å². The molecule has 6 aromatic carbocycles. The topological polar surface area (TPSA) is 83.8 Å². The molecule has 0 radical (unpaired) electrons. The van der Waals surface area contributed by atoms with Crippen molar-refractivity contribution in [3.63, 3.8) is 0 Å². The first-order valence-electron chi connectivity index (χ1n) is 18.8. The predicted molar refractivity (Wildman–Crippen MR) is 232 cm³/mol. The lowest BCUT2D eigenvalue weighted by molar-refractivity contribution is 1.05. The van der Waals surface area contributed by atoms with Gasteiger partial charge in [-0.1, -0.05) is 123 Å². The van der Waals surface area contributed by atoms with Crippen molar-refractivity contribution >= 4 is 71.0 Å². The number of nitrogens with zero attached hydrogens (tertiary/aromatic N) is 8. The van der Waals surface area contributed by atoms with Crippen molar-refractivity contribution in [2.45, 2.75) is 26.2 Å². The fourth-order valence-corrected chi connectivity index (χ4v) is 14.8. The molecule has 0 unspecified atom stereocenters. The quantitative estimate of drug-likeness (QED) is 0.162. The summed E-state index contributed by atoms with van der Waals surface area (Å²) in [7, 11) is -4.11. The summed E-state index contributed by atoms with van der Waals surface area (Å²) in [4.78, 5) is 31.5. The number of para-hydroxylation sites is 4. The molecule has 270 valence electrons. The van der Waals surface area contributed by atoms with Crippen LogP contribution in [0, 0.1) is 0 Å². The van der Waals surface area contributed by atoms with E-state index in [-0.39, 0.29) is 0 Å². The van der Waals surface area contributed by atoms with Crippen LogP contribution in [0.3, 0.4) is 0 Å². The summed E-state index contributed by atoms with van der Waals surface area (Å²) in [6.45, 7) is 9.83. The molecule has 0 atom stereocenters. The number of benzene rings is 6. The fourth-order valence-electron chi connectivity index (χ4n) is 8.80. The molecular weight excluding hydrogens is 721 g/mol. The average Bonchev–Trinajstić information content (AvgIpc) is 3.25. The van der Waals surface area contributed by atoms with Crippen LogP contribution >= 0.6 is 0 Å². The Hall–Kier alpha value is -6.63. The van der Waals surface area contributed by atoms with Crippen molar-refractivity contribution in [3.8, 4) is 33.9 Å². The summed E-state index contributed by atoms with van der Waals surface area (Å²) in [6.07, 6.45) is 6.24. The lowest BCUT2D eigenvalue weighted by Gasteiger charge is -2.43. The predicted octanol–water partition coefficient (Wildman–Crippen LogP) is 8.27. The molecule has 0 aliphatic carbocycles. The van der Waals surface area contributed by atoms with E-state index in [0.717, 1.165) is 33.6 Å². The summed E-state index contributed by atoms with van der Waals surface area (Å²) in [5.74, 6) is 1.25. The molecule has 2 aliphatic rings. The van der Waals surface area contributed by atoms with Gasteiger partial charge in [-0.2, -0.15) is 0 Å². The van der Waals surface area contributed by atoms with Crippen LogP contribution in [0.25, 0.3) is 33.9 Å². The molecule has 2 aromatic heterocycles. The van der Waals surface area contributed by atoms with Crippen LogP contribution in [-0.4, -0.2) is 46.1 Å². The minimum Gasteiger partial charge on any atom is -0.310 e. The Morgan fingerprint density at radius 3 is 0.982 bits per heavy atom. The fraction of sp³-hybridized carbons (Fsp3) is 0.0870. The van der Waals surface area contributed by atoms with Crippen LogP contribution in [-0.2, 0) is 0 Å². The lowest BCUT2D eigenvalue weighted by atomic mass is 9.95. The van der Waals surface area contributed by atoms with E-state index in [9.17, 15) is 0 Å². The third-order valence-electron chi connectivity index (χ3n) is 11.5. The SMILES string of the molecule is C[Si]1(C)c2ccccc2N(c2cc(-c3ncncn3)ccc2-c2ccc(-c3ncncn3)cc2N2c3ccccc3[Si](C)(C)c3ccccc32)c2ccccc21. The van der Waals surface area contributed by atoms with Gasteiger partial charge >= 0.3 is 0 Å². The Bertz CT molecular complexity index is 2500. The Labute approximate surface area is 328 Å².